The molecule has 0 fully saturated rings. The van der Waals surface area contributed by atoms with Gasteiger partial charge in [0, 0.05) is 17.9 Å². The maximum absolute atomic E-state index is 12.1. The van der Waals surface area contributed by atoms with E-state index < -0.39 is 0 Å². The Bertz CT molecular complexity index is 602. The first kappa shape index (κ1) is 14.2. The number of carbonyl (C=O) groups excluding carboxylic acids is 1. The molecule has 1 amide bonds. The van der Waals surface area contributed by atoms with E-state index in [1.54, 1.807) is 19.2 Å². The third kappa shape index (κ3) is 3.20. The zero-order valence-electron chi connectivity index (χ0n) is 12.1. The molecule has 4 nitrogen and oxygen atoms in total. The van der Waals surface area contributed by atoms with Gasteiger partial charge in [-0.2, -0.15) is 0 Å². The third-order valence-corrected chi connectivity index (χ3v) is 3.29. The summed E-state index contributed by atoms with van der Waals surface area (Å²) in [4.78, 5) is 15.4. The quantitative estimate of drug-likeness (QED) is 0.879. The molecule has 1 aromatic carbocycles. The van der Waals surface area contributed by atoms with Crippen LogP contribution < -0.4 is 10.1 Å². The highest BCUT2D eigenvalue weighted by atomic mass is 16.5. The van der Waals surface area contributed by atoms with Gasteiger partial charge in [-0.05, 0) is 44.0 Å². The van der Waals surface area contributed by atoms with E-state index in [0.29, 0.717) is 17.9 Å². The number of H-pyrrole nitrogens is 1. The zero-order chi connectivity index (χ0) is 14.5. The maximum atomic E-state index is 12.1. The van der Waals surface area contributed by atoms with Crippen LogP contribution in [0.5, 0.6) is 5.75 Å². The van der Waals surface area contributed by atoms with Crippen molar-refractivity contribution in [1.29, 1.82) is 0 Å². The highest BCUT2D eigenvalue weighted by Crippen LogP contribution is 2.17. The summed E-state index contributed by atoms with van der Waals surface area (Å²) in [5.41, 5.74) is 4.11. The second-order valence-corrected chi connectivity index (χ2v) is 4.81. The first-order chi connectivity index (χ1) is 9.61. The van der Waals surface area contributed by atoms with Crippen LogP contribution in [0.1, 0.15) is 27.3 Å². The number of para-hydroxylation sites is 1. The van der Waals surface area contributed by atoms with Crippen LogP contribution in [0.3, 0.4) is 0 Å². The lowest BCUT2D eigenvalue weighted by Gasteiger charge is -2.08. The lowest BCUT2D eigenvalue weighted by Crippen LogP contribution is -2.26. The zero-order valence-corrected chi connectivity index (χ0v) is 12.1. The molecule has 0 spiro atoms. The average molecular weight is 272 g/mol. The summed E-state index contributed by atoms with van der Waals surface area (Å²) in [6.07, 6.45) is 0.817. The number of aromatic amines is 1. The van der Waals surface area contributed by atoms with Gasteiger partial charge in [-0.1, -0.05) is 12.1 Å². The van der Waals surface area contributed by atoms with Gasteiger partial charge in [0.1, 0.15) is 5.75 Å². The summed E-state index contributed by atoms with van der Waals surface area (Å²) < 4.78 is 5.19. The Hall–Kier alpha value is -2.23. The van der Waals surface area contributed by atoms with E-state index in [-0.39, 0.29) is 5.91 Å². The normalized spacial score (nSPS) is 10.3. The van der Waals surface area contributed by atoms with Gasteiger partial charge in [0.2, 0.25) is 0 Å². The lowest BCUT2D eigenvalue weighted by molar-refractivity contribution is 0.0951. The molecule has 0 atom stereocenters. The van der Waals surface area contributed by atoms with E-state index in [1.807, 2.05) is 26.0 Å². The van der Waals surface area contributed by atoms with E-state index in [0.717, 1.165) is 17.8 Å². The largest absolute Gasteiger partial charge is 0.496 e. The number of hydrogen-bond acceptors (Lipinski definition) is 2. The summed E-state index contributed by atoms with van der Waals surface area (Å²) >= 11 is 0. The number of hydrogen-bond donors (Lipinski definition) is 2. The second kappa shape index (κ2) is 6.28. The van der Waals surface area contributed by atoms with Gasteiger partial charge in [0.05, 0.1) is 12.7 Å². The predicted molar refractivity (Wildman–Crippen MR) is 79.3 cm³/mol. The fourth-order valence-electron chi connectivity index (χ4n) is 2.28. The van der Waals surface area contributed by atoms with Crippen LogP contribution in [0.25, 0.3) is 0 Å². The van der Waals surface area contributed by atoms with Crippen molar-refractivity contribution in [3.63, 3.8) is 0 Å². The van der Waals surface area contributed by atoms with Crippen molar-refractivity contribution in [3.8, 4) is 5.75 Å². The fraction of sp³-hybridized carbons (Fsp3) is 0.312. The molecule has 2 rings (SSSR count). The van der Waals surface area contributed by atoms with Crippen LogP contribution in [0.4, 0.5) is 0 Å². The number of methoxy groups -OCH3 is 1. The Morgan fingerprint density at radius 3 is 2.70 bits per heavy atom. The number of aromatic nitrogens is 1. The van der Waals surface area contributed by atoms with Gasteiger partial charge in [-0.3, -0.25) is 4.79 Å². The average Bonchev–Trinajstić information content (AvgIpc) is 2.77. The van der Waals surface area contributed by atoms with Gasteiger partial charge in [-0.15, -0.1) is 0 Å². The molecule has 0 unspecified atom stereocenters. The van der Waals surface area contributed by atoms with Crippen molar-refractivity contribution in [2.75, 3.05) is 13.7 Å². The second-order valence-electron chi connectivity index (χ2n) is 4.81. The molecule has 0 aliphatic heterocycles. The van der Waals surface area contributed by atoms with Crippen LogP contribution in [0.2, 0.25) is 0 Å². The standard InChI is InChI=1S/C16H20N2O2/c1-11-10-13(12(2)18-11)8-9-17-16(19)14-6-4-5-7-15(14)20-3/h4-7,10,18H,8-9H2,1-3H3,(H,17,19). The molecule has 4 heteroatoms. The molecular weight excluding hydrogens is 252 g/mol. The molecule has 1 heterocycles. The van der Waals surface area contributed by atoms with Crippen molar-refractivity contribution in [3.05, 3.63) is 52.8 Å². The SMILES string of the molecule is COc1ccccc1C(=O)NCCc1cc(C)[nH]c1C. The number of ether oxygens (including phenoxy) is 1. The lowest BCUT2D eigenvalue weighted by atomic mass is 10.1. The molecule has 0 saturated carbocycles. The van der Waals surface area contributed by atoms with Crippen LogP contribution in [0.15, 0.2) is 30.3 Å². The van der Waals surface area contributed by atoms with Crippen LogP contribution >= 0.6 is 0 Å². The number of aryl methyl sites for hydroxylation is 2. The number of rotatable bonds is 5. The highest BCUT2D eigenvalue weighted by Gasteiger charge is 2.11. The van der Waals surface area contributed by atoms with Crippen LogP contribution in [0, 0.1) is 13.8 Å². The number of carbonyl (C=O) groups is 1. The van der Waals surface area contributed by atoms with Crippen molar-refractivity contribution in [1.82, 2.24) is 10.3 Å². The van der Waals surface area contributed by atoms with Crippen molar-refractivity contribution >= 4 is 5.91 Å². The van der Waals surface area contributed by atoms with E-state index in [9.17, 15) is 4.79 Å². The van der Waals surface area contributed by atoms with Gasteiger partial charge in [0.25, 0.3) is 5.91 Å². The first-order valence-electron chi connectivity index (χ1n) is 6.68. The highest BCUT2D eigenvalue weighted by molar-refractivity contribution is 5.96. The Labute approximate surface area is 119 Å². The summed E-state index contributed by atoms with van der Waals surface area (Å²) in [6.45, 7) is 4.68. The topological polar surface area (TPSA) is 54.1 Å². The molecule has 0 aliphatic rings. The minimum absolute atomic E-state index is 0.104. The summed E-state index contributed by atoms with van der Waals surface area (Å²) in [7, 11) is 1.57. The van der Waals surface area contributed by atoms with E-state index in [1.165, 1.54) is 5.56 Å². The monoisotopic (exact) mass is 272 g/mol. The molecule has 1 aromatic heterocycles. The molecular formula is C16H20N2O2. The molecule has 2 N–H and O–H groups in total. The molecule has 20 heavy (non-hydrogen) atoms. The summed E-state index contributed by atoms with van der Waals surface area (Å²) in [6, 6.07) is 9.34. The minimum Gasteiger partial charge on any atom is -0.496 e. The van der Waals surface area contributed by atoms with Crippen LogP contribution in [-0.4, -0.2) is 24.5 Å². The number of amides is 1. The number of benzene rings is 1. The van der Waals surface area contributed by atoms with E-state index in [2.05, 4.69) is 16.4 Å². The van der Waals surface area contributed by atoms with Crippen molar-refractivity contribution in [2.45, 2.75) is 20.3 Å². The molecule has 0 saturated heterocycles. The predicted octanol–water partition coefficient (Wildman–Crippen LogP) is 2.61. The van der Waals surface area contributed by atoms with Gasteiger partial charge in [-0.25, -0.2) is 0 Å². The minimum atomic E-state index is -0.104. The Morgan fingerprint density at radius 2 is 2.05 bits per heavy atom. The molecule has 106 valence electrons. The molecule has 0 bridgehead atoms. The van der Waals surface area contributed by atoms with Gasteiger partial charge < -0.3 is 15.0 Å². The van der Waals surface area contributed by atoms with E-state index in [4.69, 9.17) is 4.74 Å². The first-order valence-corrected chi connectivity index (χ1v) is 6.68. The Balaban J connectivity index is 1.94. The fourth-order valence-corrected chi connectivity index (χ4v) is 2.28. The van der Waals surface area contributed by atoms with Crippen LogP contribution in [-0.2, 0) is 6.42 Å². The Kier molecular flexibility index (Phi) is 4.45. The van der Waals surface area contributed by atoms with Crippen molar-refractivity contribution in [2.24, 2.45) is 0 Å². The van der Waals surface area contributed by atoms with Crippen molar-refractivity contribution < 1.29 is 9.53 Å². The van der Waals surface area contributed by atoms with E-state index >= 15 is 0 Å². The molecule has 2 aromatic rings. The summed E-state index contributed by atoms with van der Waals surface area (Å²) in [5, 5.41) is 2.93. The number of nitrogens with one attached hydrogen (secondary N) is 2. The molecule has 0 radical (unpaired) electrons. The maximum Gasteiger partial charge on any atom is 0.255 e. The Morgan fingerprint density at radius 1 is 1.30 bits per heavy atom. The molecule has 0 aliphatic carbocycles. The third-order valence-electron chi connectivity index (χ3n) is 3.29. The van der Waals surface area contributed by atoms with Gasteiger partial charge in [0.15, 0.2) is 0 Å². The smallest absolute Gasteiger partial charge is 0.255 e. The van der Waals surface area contributed by atoms with Gasteiger partial charge >= 0.3 is 0 Å². The summed E-state index contributed by atoms with van der Waals surface area (Å²) in [5.74, 6) is 0.492.